The molecular weight excluding hydrogens is 226 g/mol. The maximum Gasteiger partial charge on any atom is 0.0951 e. The Labute approximate surface area is 107 Å². The molecule has 0 bridgehead atoms. The number of nitrogens with zero attached hydrogens (tertiary/aromatic N) is 4. The third-order valence-corrected chi connectivity index (χ3v) is 2.75. The van der Waals surface area contributed by atoms with Crippen molar-refractivity contribution in [2.24, 2.45) is 0 Å². The molecule has 2 aromatic rings. The van der Waals surface area contributed by atoms with Crippen LogP contribution in [-0.4, -0.2) is 19.5 Å². The maximum atomic E-state index is 4.31. The minimum Gasteiger partial charge on any atom is -0.331 e. The van der Waals surface area contributed by atoms with Gasteiger partial charge >= 0.3 is 0 Å². The molecule has 0 fully saturated rings. The van der Waals surface area contributed by atoms with E-state index in [0.29, 0.717) is 6.04 Å². The number of rotatable bonds is 5. The molecule has 0 aliphatic rings. The predicted molar refractivity (Wildman–Crippen MR) is 69.9 cm³/mol. The van der Waals surface area contributed by atoms with Gasteiger partial charge in [0.25, 0.3) is 0 Å². The fraction of sp³-hybridized carbons (Fsp3) is 0.462. The summed E-state index contributed by atoms with van der Waals surface area (Å²) >= 11 is 0. The van der Waals surface area contributed by atoms with Crippen LogP contribution < -0.4 is 5.32 Å². The molecule has 96 valence electrons. The Bertz CT molecular complexity index is 486. The first kappa shape index (κ1) is 12.7. The van der Waals surface area contributed by atoms with Crippen molar-refractivity contribution in [1.29, 1.82) is 0 Å². The smallest absolute Gasteiger partial charge is 0.0951 e. The van der Waals surface area contributed by atoms with Crippen molar-refractivity contribution in [2.45, 2.75) is 39.9 Å². The highest BCUT2D eigenvalue weighted by molar-refractivity contribution is 5.02. The van der Waals surface area contributed by atoms with E-state index in [0.717, 1.165) is 24.5 Å². The molecule has 0 aliphatic heterocycles. The highest BCUT2D eigenvalue weighted by Gasteiger charge is 2.04. The molecule has 0 atom stereocenters. The molecule has 2 rings (SSSR count). The largest absolute Gasteiger partial charge is 0.331 e. The molecule has 0 radical (unpaired) electrons. The summed E-state index contributed by atoms with van der Waals surface area (Å²) in [6, 6.07) is 0.434. The van der Waals surface area contributed by atoms with Crippen LogP contribution in [0.1, 0.15) is 37.0 Å². The van der Waals surface area contributed by atoms with Crippen molar-refractivity contribution < 1.29 is 0 Å². The number of aryl methyl sites for hydroxylation is 1. The first-order chi connectivity index (χ1) is 8.66. The lowest BCUT2D eigenvalue weighted by molar-refractivity contribution is 0.548. The van der Waals surface area contributed by atoms with Crippen LogP contribution in [0.4, 0.5) is 0 Å². The minimum atomic E-state index is 0.434. The molecular formula is C13H19N5. The van der Waals surface area contributed by atoms with Gasteiger partial charge in [-0.1, -0.05) is 0 Å². The van der Waals surface area contributed by atoms with Crippen molar-refractivity contribution >= 4 is 0 Å². The van der Waals surface area contributed by atoms with E-state index in [4.69, 9.17) is 0 Å². The van der Waals surface area contributed by atoms with Gasteiger partial charge < -0.3 is 9.88 Å². The van der Waals surface area contributed by atoms with Crippen LogP contribution in [0.5, 0.6) is 0 Å². The molecule has 0 unspecified atom stereocenters. The highest BCUT2D eigenvalue weighted by Crippen LogP contribution is 2.08. The van der Waals surface area contributed by atoms with Gasteiger partial charge in [-0.15, -0.1) is 0 Å². The summed E-state index contributed by atoms with van der Waals surface area (Å²) in [5.74, 6) is 0. The number of aromatic nitrogens is 4. The normalized spacial score (nSPS) is 11.1. The predicted octanol–water partition coefficient (Wildman–Crippen LogP) is 1.85. The van der Waals surface area contributed by atoms with Crippen molar-refractivity contribution in [3.63, 3.8) is 0 Å². The van der Waals surface area contributed by atoms with Gasteiger partial charge in [-0.2, -0.15) is 0 Å². The molecule has 0 spiro atoms. The van der Waals surface area contributed by atoms with Crippen LogP contribution in [0.15, 0.2) is 24.9 Å². The van der Waals surface area contributed by atoms with E-state index in [2.05, 4.69) is 38.7 Å². The van der Waals surface area contributed by atoms with Gasteiger partial charge in [0.2, 0.25) is 0 Å². The number of hydrogen-bond donors (Lipinski definition) is 1. The third-order valence-electron chi connectivity index (χ3n) is 2.75. The summed E-state index contributed by atoms with van der Waals surface area (Å²) in [4.78, 5) is 12.7. The second-order valence-corrected chi connectivity index (χ2v) is 4.64. The lowest BCUT2D eigenvalue weighted by Crippen LogP contribution is -2.17. The van der Waals surface area contributed by atoms with Gasteiger partial charge in [0, 0.05) is 37.7 Å². The van der Waals surface area contributed by atoms with Crippen LogP contribution in [0, 0.1) is 6.92 Å². The molecule has 0 saturated heterocycles. The summed E-state index contributed by atoms with van der Waals surface area (Å²) in [6.45, 7) is 7.74. The van der Waals surface area contributed by atoms with Gasteiger partial charge in [0.15, 0.2) is 0 Å². The van der Waals surface area contributed by atoms with Crippen LogP contribution in [0.25, 0.3) is 0 Å². The van der Waals surface area contributed by atoms with E-state index in [9.17, 15) is 0 Å². The van der Waals surface area contributed by atoms with E-state index in [1.165, 1.54) is 5.69 Å². The number of hydrogen-bond acceptors (Lipinski definition) is 4. The Kier molecular flexibility index (Phi) is 4.04. The topological polar surface area (TPSA) is 55.6 Å². The van der Waals surface area contributed by atoms with Gasteiger partial charge in [0.1, 0.15) is 0 Å². The van der Waals surface area contributed by atoms with E-state index >= 15 is 0 Å². The van der Waals surface area contributed by atoms with Gasteiger partial charge in [-0.05, 0) is 20.8 Å². The zero-order valence-electron chi connectivity index (χ0n) is 11.1. The molecule has 5 nitrogen and oxygen atoms in total. The fourth-order valence-corrected chi connectivity index (χ4v) is 1.76. The quantitative estimate of drug-likeness (QED) is 0.873. The van der Waals surface area contributed by atoms with Gasteiger partial charge in [-0.3, -0.25) is 9.97 Å². The lowest BCUT2D eigenvalue weighted by atomic mass is 10.3. The summed E-state index contributed by atoms with van der Waals surface area (Å²) in [6.07, 6.45) is 7.36. The van der Waals surface area contributed by atoms with Crippen LogP contribution in [0.2, 0.25) is 0 Å². The highest BCUT2D eigenvalue weighted by atomic mass is 15.1. The standard InChI is InChI=1S/C13H19N5/c1-10(2)18-9-15-8-13(18)7-14-5-12-6-16-11(3)4-17-12/h4,6,8-10,14H,5,7H2,1-3H3. The Morgan fingerprint density at radius 2 is 2.00 bits per heavy atom. The zero-order chi connectivity index (χ0) is 13.0. The average molecular weight is 245 g/mol. The molecule has 5 heteroatoms. The summed E-state index contributed by atoms with van der Waals surface area (Å²) in [5, 5.41) is 3.36. The lowest BCUT2D eigenvalue weighted by Gasteiger charge is -2.12. The summed E-state index contributed by atoms with van der Waals surface area (Å²) < 4.78 is 2.16. The SMILES string of the molecule is Cc1cnc(CNCc2cncn2C(C)C)cn1. The number of nitrogens with one attached hydrogen (secondary N) is 1. The Morgan fingerprint density at radius 3 is 2.67 bits per heavy atom. The fourth-order valence-electron chi connectivity index (χ4n) is 1.76. The molecule has 0 aliphatic carbocycles. The van der Waals surface area contributed by atoms with Crippen molar-refractivity contribution in [2.75, 3.05) is 0 Å². The molecule has 0 saturated carbocycles. The van der Waals surface area contributed by atoms with Gasteiger partial charge in [-0.25, -0.2) is 4.98 Å². The first-order valence-electron chi connectivity index (χ1n) is 6.15. The first-order valence-corrected chi connectivity index (χ1v) is 6.15. The average Bonchev–Trinajstić information content (AvgIpc) is 2.80. The second-order valence-electron chi connectivity index (χ2n) is 4.64. The minimum absolute atomic E-state index is 0.434. The van der Waals surface area contributed by atoms with E-state index in [1.807, 2.05) is 25.6 Å². The Balaban J connectivity index is 1.88. The van der Waals surface area contributed by atoms with E-state index < -0.39 is 0 Å². The maximum absolute atomic E-state index is 4.31. The molecule has 18 heavy (non-hydrogen) atoms. The molecule has 1 N–H and O–H groups in total. The Morgan fingerprint density at radius 1 is 1.17 bits per heavy atom. The third kappa shape index (κ3) is 3.13. The summed E-state index contributed by atoms with van der Waals surface area (Å²) in [7, 11) is 0. The monoisotopic (exact) mass is 245 g/mol. The van der Waals surface area contributed by atoms with E-state index in [-0.39, 0.29) is 0 Å². The van der Waals surface area contributed by atoms with Crippen molar-refractivity contribution in [1.82, 2.24) is 24.8 Å². The van der Waals surface area contributed by atoms with Crippen molar-refractivity contribution in [3.05, 3.63) is 42.0 Å². The van der Waals surface area contributed by atoms with Crippen LogP contribution >= 0.6 is 0 Å². The Hall–Kier alpha value is -1.75. The molecule has 0 aromatic carbocycles. The molecule has 2 aromatic heterocycles. The number of imidazole rings is 1. The second kappa shape index (κ2) is 5.73. The zero-order valence-corrected chi connectivity index (χ0v) is 11.1. The van der Waals surface area contributed by atoms with Crippen LogP contribution in [-0.2, 0) is 13.1 Å². The van der Waals surface area contributed by atoms with Gasteiger partial charge in [0.05, 0.1) is 23.4 Å². The van der Waals surface area contributed by atoms with Crippen molar-refractivity contribution in [3.8, 4) is 0 Å². The summed E-state index contributed by atoms with van der Waals surface area (Å²) in [5.41, 5.74) is 3.08. The van der Waals surface area contributed by atoms with E-state index in [1.54, 1.807) is 6.20 Å². The van der Waals surface area contributed by atoms with Crippen LogP contribution in [0.3, 0.4) is 0 Å². The molecule has 2 heterocycles. The molecule has 0 amide bonds.